The number of carboxylic acid groups (broad SMARTS) is 1. The van der Waals surface area contributed by atoms with Gasteiger partial charge in [0.2, 0.25) is 0 Å². The first-order valence-corrected chi connectivity index (χ1v) is 13.7. The first-order valence-electron chi connectivity index (χ1n) is 13.7. The molecule has 44 heavy (non-hydrogen) atoms. The van der Waals surface area contributed by atoms with Gasteiger partial charge in [0.15, 0.2) is 0 Å². The van der Waals surface area contributed by atoms with Crippen LogP contribution in [-0.4, -0.2) is 34.5 Å². The number of nitrogens with zero attached hydrogens (tertiary/aromatic N) is 2. The molecule has 0 saturated heterocycles. The van der Waals surface area contributed by atoms with Crippen molar-refractivity contribution in [3.8, 4) is 0 Å². The highest BCUT2D eigenvalue weighted by Crippen LogP contribution is 2.34. The van der Waals surface area contributed by atoms with E-state index in [0.29, 0.717) is 23.4 Å². The summed E-state index contributed by atoms with van der Waals surface area (Å²) in [6.45, 7) is -0.111. The summed E-state index contributed by atoms with van der Waals surface area (Å²) in [7, 11) is 0. The molecule has 1 aliphatic carbocycles. The van der Waals surface area contributed by atoms with E-state index in [1.54, 1.807) is 24.3 Å². The average Bonchev–Trinajstić information content (AvgIpc) is 3.00. The lowest BCUT2D eigenvalue weighted by atomic mass is 9.93. The molecule has 13 heteroatoms. The largest absolute Gasteiger partial charge is 0.481 e. The van der Waals surface area contributed by atoms with E-state index in [9.17, 15) is 37.7 Å². The standard InChI is InChI=1S/C31H29F3N4O6/c32-31(33,34)24-16-25(18-27(17-24)38(43)44)36-30(42)37(26-12-10-22(11-13-26)21-4-2-1-3-5-21)19-20-6-8-23(9-7-20)29(41)35-15-14-28(39)40/h4,6-13,16-18H,1-3,5,14-15,19H2,(H,35,41)(H,36,42)(H,39,40). The summed E-state index contributed by atoms with van der Waals surface area (Å²) < 4.78 is 40.3. The maximum atomic E-state index is 13.5. The van der Waals surface area contributed by atoms with Gasteiger partial charge in [0.05, 0.1) is 23.5 Å². The average molecular weight is 611 g/mol. The Morgan fingerprint density at radius 2 is 1.68 bits per heavy atom. The van der Waals surface area contributed by atoms with Crippen LogP contribution in [0.2, 0.25) is 0 Å². The topological polar surface area (TPSA) is 142 Å². The van der Waals surface area contributed by atoms with Crippen molar-refractivity contribution >= 4 is 40.5 Å². The highest BCUT2D eigenvalue weighted by molar-refractivity contribution is 6.02. The fourth-order valence-corrected chi connectivity index (χ4v) is 4.71. The van der Waals surface area contributed by atoms with E-state index in [0.717, 1.165) is 37.3 Å². The van der Waals surface area contributed by atoms with Gasteiger partial charge in [-0.1, -0.05) is 30.3 Å². The van der Waals surface area contributed by atoms with Gasteiger partial charge in [0, 0.05) is 35.6 Å². The second kappa shape index (κ2) is 13.8. The molecule has 230 valence electrons. The number of carbonyl (C=O) groups is 3. The van der Waals surface area contributed by atoms with Crippen molar-refractivity contribution in [1.29, 1.82) is 0 Å². The van der Waals surface area contributed by atoms with Crippen molar-refractivity contribution in [1.82, 2.24) is 5.32 Å². The van der Waals surface area contributed by atoms with Crippen LogP contribution in [0.5, 0.6) is 0 Å². The summed E-state index contributed by atoms with van der Waals surface area (Å²) in [6, 6.07) is 14.3. The van der Waals surface area contributed by atoms with Gasteiger partial charge in [-0.2, -0.15) is 13.2 Å². The van der Waals surface area contributed by atoms with Gasteiger partial charge < -0.3 is 15.7 Å². The van der Waals surface area contributed by atoms with E-state index < -0.39 is 45.9 Å². The minimum Gasteiger partial charge on any atom is -0.481 e. The second-order valence-electron chi connectivity index (χ2n) is 10.2. The van der Waals surface area contributed by atoms with Crippen LogP contribution in [-0.2, 0) is 17.5 Å². The number of hydrogen-bond donors (Lipinski definition) is 3. The minimum atomic E-state index is -4.88. The summed E-state index contributed by atoms with van der Waals surface area (Å²) >= 11 is 0. The van der Waals surface area contributed by atoms with Crippen LogP contribution in [0.3, 0.4) is 0 Å². The number of anilines is 2. The van der Waals surface area contributed by atoms with Crippen molar-refractivity contribution in [3.05, 3.63) is 105 Å². The van der Waals surface area contributed by atoms with Gasteiger partial charge in [-0.3, -0.25) is 24.6 Å². The molecule has 0 fully saturated rings. The van der Waals surface area contributed by atoms with Crippen molar-refractivity contribution in [2.24, 2.45) is 0 Å². The molecule has 3 amide bonds. The first kappa shape index (κ1) is 31.7. The molecule has 0 radical (unpaired) electrons. The molecule has 0 heterocycles. The fourth-order valence-electron chi connectivity index (χ4n) is 4.71. The SMILES string of the molecule is O=C(O)CCNC(=O)c1ccc(CN(C(=O)Nc2cc([N+](=O)[O-])cc(C(F)(F)F)c2)c2ccc(C3=CCCCC3)cc2)cc1. The molecule has 1 aliphatic rings. The monoisotopic (exact) mass is 610 g/mol. The number of urea groups is 1. The summed E-state index contributed by atoms with van der Waals surface area (Å²) in [5, 5.41) is 24.9. The zero-order chi connectivity index (χ0) is 31.9. The van der Waals surface area contributed by atoms with Crippen molar-refractivity contribution in [3.63, 3.8) is 0 Å². The lowest BCUT2D eigenvalue weighted by Crippen LogP contribution is -2.34. The molecule has 3 aromatic carbocycles. The predicted octanol–water partition coefficient (Wildman–Crippen LogP) is 7.01. The molecule has 3 aromatic rings. The Kier molecular flexibility index (Phi) is 9.99. The van der Waals surface area contributed by atoms with E-state index in [4.69, 9.17) is 5.11 Å². The Labute approximate surface area is 250 Å². The number of benzene rings is 3. The molecule has 3 N–H and O–H groups in total. The summed E-state index contributed by atoms with van der Waals surface area (Å²) in [5.74, 6) is -1.53. The third kappa shape index (κ3) is 8.43. The third-order valence-corrected chi connectivity index (χ3v) is 6.97. The van der Waals surface area contributed by atoms with Crippen LogP contribution < -0.4 is 15.5 Å². The van der Waals surface area contributed by atoms with Crippen LogP contribution in [0.15, 0.2) is 72.8 Å². The summed E-state index contributed by atoms with van der Waals surface area (Å²) in [4.78, 5) is 48.1. The number of alkyl halides is 3. The quantitative estimate of drug-likeness (QED) is 0.166. The fraction of sp³-hybridized carbons (Fsp3) is 0.258. The predicted molar refractivity (Wildman–Crippen MR) is 157 cm³/mol. The molecule has 10 nitrogen and oxygen atoms in total. The van der Waals surface area contributed by atoms with Crippen LogP contribution in [0, 0.1) is 10.1 Å². The Balaban J connectivity index is 1.61. The Bertz CT molecular complexity index is 1570. The smallest absolute Gasteiger partial charge is 0.416 e. The number of hydrogen-bond acceptors (Lipinski definition) is 5. The van der Waals surface area contributed by atoms with Gasteiger partial charge in [0.25, 0.3) is 11.6 Å². The Hall–Kier alpha value is -5.20. The molecule has 4 rings (SSSR count). The summed E-state index contributed by atoms with van der Waals surface area (Å²) in [5.41, 5.74) is 0.902. The maximum absolute atomic E-state index is 13.5. The molecule has 0 unspecified atom stereocenters. The van der Waals surface area contributed by atoms with Gasteiger partial charge >= 0.3 is 18.2 Å². The number of carboxylic acids is 1. The highest BCUT2D eigenvalue weighted by atomic mass is 19.4. The van der Waals surface area contributed by atoms with Crippen molar-refractivity contribution in [2.75, 3.05) is 16.8 Å². The minimum absolute atomic E-state index is 0.0511. The molecule has 0 spiro atoms. The number of amides is 3. The highest BCUT2D eigenvalue weighted by Gasteiger charge is 2.33. The van der Waals surface area contributed by atoms with Gasteiger partial charge in [-0.25, -0.2) is 4.79 Å². The zero-order valence-corrected chi connectivity index (χ0v) is 23.4. The number of non-ortho nitro benzene ring substituents is 1. The van der Waals surface area contributed by atoms with Crippen LogP contribution >= 0.6 is 0 Å². The molecule has 0 aliphatic heterocycles. The molecule has 0 atom stereocenters. The number of nitro benzene ring substituents is 1. The van der Waals surface area contributed by atoms with E-state index in [2.05, 4.69) is 16.7 Å². The van der Waals surface area contributed by atoms with Crippen molar-refractivity contribution < 1.29 is 37.6 Å². The molecular formula is C31H29F3N4O6. The Morgan fingerprint density at radius 3 is 2.27 bits per heavy atom. The normalized spacial score (nSPS) is 13.0. The van der Waals surface area contributed by atoms with Crippen molar-refractivity contribution in [2.45, 2.75) is 44.8 Å². The molecule has 0 bridgehead atoms. The lowest BCUT2D eigenvalue weighted by Gasteiger charge is -2.24. The summed E-state index contributed by atoms with van der Waals surface area (Å²) in [6.07, 6.45) is 1.14. The van der Waals surface area contributed by atoms with E-state index in [-0.39, 0.29) is 25.1 Å². The number of aliphatic carboxylic acids is 1. The third-order valence-electron chi connectivity index (χ3n) is 6.97. The maximum Gasteiger partial charge on any atom is 0.416 e. The molecular weight excluding hydrogens is 581 g/mol. The number of carbonyl (C=O) groups excluding carboxylic acids is 2. The number of nitro groups is 1. The molecule has 0 aromatic heterocycles. The number of nitrogens with one attached hydrogen (secondary N) is 2. The van der Waals surface area contributed by atoms with E-state index >= 15 is 0 Å². The van der Waals surface area contributed by atoms with Gasteiger partial charge in [0.1, 0.15) is 0 Å². The van der Waals surface area contributed by atoms with Gasteiger partial charge in [-0.15, -0.1) is 0 Å². The number of halogens is 3. The van der Waals surface area contributed by atoms with E-state index in [1.165, 1.54) is 22.6 Å². The number of rotatable bonds is 10. The first-order chi connectivity index (χ1) is 20.9. The van der Waals surface area contributed by atoms with Crippen LogP contribution in [0.1, 0.15) is 59.2 Å². The number of allylic oxidation sites excluding steroid dienone is 2. The zero-order valence-electron chi connectivity index (χ0n) is 23.4. The second-order valence-corrected chi connectivity index (χ2v) is 10.2. The Morgan fingerprint density at radius 1 is 0.977 bits per heavy atom. The van der Waals surface area contributed by atoms with Gasteiger partial charge in [-0.05, 0) is 72.7 Å². The molecule has 0 saturated carbocycles. The van der Waals surface area contributed by atoms with Crippen LogP contribution in [0.4, 0.5) is 35.0 Å². The van der Waals surface area contributed by atoms with E-state index in [1.807, 2.05) is 12.1 Å². The van der Waals surface area contributed by atoms with Crippen LogP contribution in [0.25, 0.3) is 5.57 Å². The lowest BCUT2D eigenvalue weighted by molar-refractivity contribution is -0.385.